The van der Waals surface area contributed by atoms with Crippen LogP contribution in [0.25, 0.3) is 0 Å². The first kappa shape index (κ1) is 19.1. The van der Waals surface area contributed by atoms with E-state index in [1.165, 1.54) is 5.56 Å². The molecule has 2 N–H and O–H groups in total. The number of nitrogens with zero attached hydrogens (tertiary/aromatic N) is 3. The third kappa shape index (κ3) is 5.67. The van der Waals surface area contributed by atoms with Crippen molar-refractivity contribution in [3.63, 3.8) is 0 Å². The number of nitrogens with one attached hydrogen (secondary N) is 2. The van der Waals surface area contributed by atoms with Gasteiger partial charge in [0.2, 0.25) is 5.91 Å². The molecule has 27 heavy (non-hydrogen) atoms. The monoisotopic (exact) mass is 367 g/mol. The maximum Gasteiger partial charge on any atom is 0.224 e. The molecular formula is C21H29N5O. The fourth-order valence-corrected chi connectivity index (χ4v) is 3.44. The fraction of sp³-hybridized carbons (Fsp3) is 0.476. The lowest BCUT2D eigenvalue weighted by molar-refractivity contribution is -0.116. The summed E-state index contributed by atoms with van der Waals surface area (Å²) in [6.07, 6.45) is 5.33. The summed E-state index contributed by atoms with van der Waals surface area (Å²) < 4.78 is 0. The first-order valence-corrected chi connectivity index (χ1v) is 9.81. The number of benzene rings is 1. The molecule has 0 saturated carbocycles. The van der Waals surface area contributed by atoms with Crippen LogP contribution in [0.5, 0.6) is 0 Å². The second-order valence-electron chi connectivity index (χ2n) is 7.18. The largest absolute Gasteiger partial charge is 0.370 e. The van der Waals surface area contributed by atoms with Gasteiger partial charge >= 0.3 is 0 Å². The zero-order valence-corrected chi connectivity index (χ0v) is 16.2. The molecule has 0 atom stereocenters. The maximum absolute atomic E-state index is 12.2. The highest BCUT2D eigenvalue weighted by Gasteiger charge is 2.21. The van der Waals surface area contributed by atoms with Crippen LogP contribution in [0.1, 0.15) is 38.2 Å². The molecule has 1 amide bonds. The van der Waals surface area contributed by atoms with Crippen LogP contribution >= 0.6 is 0 Å². The van der Waals surface area contributed by atoms with Crippen LogP contribution < -0.4 is 15.5 Å². The number of aromatic nitrogens is 2. The summed E-state index contributed by atoms with van der Waals surface area (Å²) >= 11 is 0. The van der Waals surface area contributed by atoms with Crippen molar-refractivity contribution in [2.75, 3.05) is 35.2 Å². The molecule has 3 rings (SSSR count). The molecule has 1 aromatic carbocycles. The number of rotatable bonds is 7. The lowest BCUT2D eigenvalue weighted by atomic mass is 9.92. The van der Waals surface area contributed by atoms with Gasteiger partial charge in [-0.15, -0.1) is 0 Å². The molecule has 0 aliphatic carbocycles. The lowest BCUT2D eigenvalue weighted by Crippen LogP contribution is -2.34. The Hall–Kier alpha value is -2.63. The van der Waals surface area contributed by atoms with Gasteiger partial charge in [-0.3, -0.25) is 4.79 Å². The Morgan fingerprint density at radius 3 is 2.63 bits per heavy atom. The SMILES string of the molecule is CCNc1cc(N2CCC(CCC(=O)Nc3ccc(C)cc3)CC2)ncn1. The zero-order valence-electron chi connectivity index (χ0n) is 16.2. The normalized spacial score (nSPS) is 14.8. The van der Waals surface area contributed by atoms with Gasteiger partial charge in [0.15, 0.2) is 0 Å². The van der Waals surface area contributed by atoms with Gasteiger partial charge in [0, 0.05) is 37.8 Å². The smallest absolute Gasteiger partial charge is 0.224 e. The third-order valence-electron chi connectivity index (χ3n) is 5.06. The Balaban J connectivity index is 1.42. The van der Waals surface area contributed by atoms with Crippen molar-refractivity contribution >= 4 is 23.2 Å². The minimum absolute atomic E-state index is 0.104. The number of carbonyl (C=O) groups is 1. The van der Waals surface area contributed by atoms with E-state index < -0.39 is 0 Å². The molecule has 0 unspecified atom stereocenters. The Kier molecular flexibility index (Phi) is 6.63. The highest BCUT2D eigenvalue weighted by Crippen LogP contribution is 2.26. The van der Waals surface area contributed by atoms with E-state index in [-0.39, 0.29) is 5.91 Å². The molecule has 0 bridgehead atoms. The van der Waals surface area contributed by atoms with Crippen LogP contribution in [0.2, 0.25) is 0 Å². The summed E-state index contributed by atoms with van der Waals surface area (Å²) in [5.74, 6) is 2.56. The number of piperidine rings is 1. The average molecular weight is 367 g/mol. The number of amides is 1. The van der Waals surface area contributed by atoms with E-state index in [4.69, 9.17) is 0 Å². The molecule has 2 aromatic rings. The van der Waals surface area contributed by atoms with Gasteiger partial charge in [-0.2, -0.15) is 0 Å². The zero-order chi connectivity index (χ0) is 19.1. The number of anilines is 3. The maximum atomic E-state index is 12.2. The van der Waals surface area contributed by atoms with E-state index >= 15 is 0 Å². The molecule has 0 spiro atoms. The van der Waals surface area contributed by atoms with Crippen molar-refractivity contribution in [3.8, 4) is 0 Å². The van der Waals surface area contributed by atoms with Crippen LogP contribution in [0.4, 0.5) is 17.3 Å². The Morgan fingerprint density at radius 2 is 1.93 bits per heavy atom. The Morgan fingerprint density at radius 1 is 1.19 bits per heavy atom. The van der Waals surface area contributed by atoms with E-state index in [1.54, 1.807) is 6.33 Å². The van der Waals surface area contributed by atoms with Crippen molar-refractivity contribution < 1.29 is 4.79 Å². The summed E-state index contributed by atoms with van der Waals surface area (Å²) in [5, 5.41) is 6.22. The number of carbonyl (C=O) groups excluding carboxylic acids is 1. The second-order valence-corrected chi connectivity index (χ2v) is 7.18. The Labute approximate surface area is 161 Å². The van der Waals surface area contributed by atoms with Gasteiger partial charge in [-0.1, -0.05) is 17.7 Å². The van der Waals surface area contributed by atoms with E-state index in [2.05, 4.69) is 32.4 Å². The van der Waals surface area contributed by atoms with E-state index in [0.717, 1.165) is 56.2 Å². The molecule has 6 nitrogen and oxygen atoms in total. The molecule has 144 valence electrons. The molecule has 1 aliphatic heterocycles. The fourth-order valence-electron chi connectivity index (χ4n) is 3.44. The summed E-state index contributed by atoms with van der Waals surface area (Å²) in [6.45, 7) is 6.91. The van der Waals surface area contributed by atoms with Crippen molar-refractivity contribution in [1.29, 1.82) is 0 Å². The summed E-state index contributed by atoms with van der Waals surface area (Å²) in [7, 11) is 0. The average Bonchev–Trinajstić information content (AvgIpc) is 2.69. The van der Waals surface area contributed by atoms with Gasteiger partial charge in [0.1, 0.15) is 18.0 Å². The molecule has 6 heteroatoms. The van der Waals surface area contributed by atoms with Crippen LogP contribution in [-0.4, -0.2) is 35.5 Å². The minimum Gasteiger partial charge on any atom is -0.370 e. The molecule has 1 saturated heterocycles. The van der Waals surface area contributed by atoms with Gasteiger partial charge in [0.05, 0.1) is 0 Å². The number of hydrogen-bond acceptors (Lipinski definition) is 5. The summed E-state index contributed by atoms with van der Waals surface area (Å²) in [6, 6.07) is 9.95. The van der Waals surface area contributed by atoms with E-state index in [9.17, 15) is 4.79 Å². The predicted molar refractivity (Wildman–Crippen MR) is 110 cm³/mol. The number of aryl methyl sites for hydroxylation is 1. The number of hydrogen-bond donors (Lipinski definition) is 2. The topological polar surface area (TPSA) is 70.2 Å². The quantitative estimate of drug-likeness (QED) is 0.778. The first-order chi connectivity index (χ1) is 13.1. The Bertz CT molecular complexity index is 738. The van der Waals surface area contributed by atoms with Gasteiger partial charge < -0.3 is 15.5 Å². The van der Waals surface area contributed by atoms with Crippen LogP contribution in [0, 0.1) is 12.8 Å². The molecule has 1 fully saturated rings. The highest BCUT2D eigenvalue weighted by atomic mass is 16.1. The predicted octanol–water partition coefficient (Wildman–Crippen LogP) is 3.85. The van der Waals surface area contributed by atoms with Crippen LogP contribution in [0.3, 0.4) is 0 Å². The van der Waals surface area contributed by atoms with Crippen LogP contribution in [-0.2, 0) is 4.79 Å². The van der Waals surface area contributed by atoms with Crippen molar-refractivity contribution in [2.24, 2.45) is 5.92 Å². The molecule has 2 heterocycles. The molecule has 0 radical (unpaired) electrons. The first-order valence-electron chi connectivity index (χ1n) is 9.81. The standard InChI is InChI=1S/C21H29N5O/c1-3-22-19-14-20(24-15-23-19)26-12-10-17(11-13-26)6-9-21(27)25-18-7-4-16(2)5-8-18/h4-5,7-8,14-15,17H,3,6,9-13H2,1-2H3,(H,25,27)(H,22,23,24). The van der Waals surface area contributed by atoms with Gasteiger partial charge in [0.25, 0.3) is 0 Å². The van der Waals surface area contributed by atoms with Gasteiger partial charge in [-0.25, -0.2) is 9.97 Å². The van der Waals surface area contributed by atoms with Crippen molar-refractivity contribution in [2.45, 2.75) is 39.5 Å². The third-order valence-corrected chi connectivity index (χ3v) is 5.06. The highest BCUT2D eigenvalue weighted by molar-refractivity contribution is 5.90. The summed E-state index contributed by atoms with van der Waals surface area (Å²) in [5.41, 5.74) is 2.07. The van der Waals surface area contributed by atoms with Crippen LogP contribution in [0.15, 0.2) is 36.7 Å². The summed E-state index contributed by atoms with van der Waals surface area (Å²) in [4.78, 5) is 23.1. The van der Waals surface area contributed by atoms with Crippen molar-refractivity contribution in [3.05, 3.63) is 42.2 Å². The van der Waals surface area contributed by atoms with Crippen molar-refractivity contribution in [1.82, 2.24) is 9.97 Å². The molecule has 1 aromatic heterocycles. The molecular weight excluding hydrogens is 338 g/mol. The van der Waals surface area contributed by atoms with E-state index in [0.29, 0.717) is 12.3 Å². The second kappa shape index (κ2) is 9.35. The van der Waals surface area contributed by atoms with Gasteiger partial charge in [-0.05, 0) is 51.2 Å². The van der Waals surface area contributed by atoms with E-state index in [1.807, 2.05) is 37.3 Å². The minimum atomic E-state index is 0.104. The molecule has 1 aliphatic rings. The lowest BCUT2D eigenvalue weighted by Gasteiger charge is -2.32.